The van der Waals surface area contributed by atoms with Crippen LogP contribution in [0.15, 0.2) is 18.7 Å². The summed E-state index contributed by atoms with van der Waals surface area (Å²) in [7, 11) is -6.99. The van der Waals surface area contributed by atoms with E-state index < -0.39 is 61.6 Å². The van der Waals surface area contributed by atoms with Gasteiger partial charge in [-0.3, -0.25) is 0 Å². The van der Waals surface area contributed by atoms with Crippen molar-refractivity contribution < 1.29 is 36.7 Å². The van der Waals surface area contributed by atoms with Crippen LogP contribution in [0, 0.1) is 13.8 Å². The molecule has 1 aliphatic heterocycles. The van der Waals surface area contributed by atoms with E-state index in [2.05, 4.69) is 149 Å². The van der Waals surface area contributed by atoms with Gasteiger partial charge in [0.25, 0.3) is 0 Å². The number of benzene rings is 1. The number of hydrogen-bond acceptors (Lipinski definition) is 8. The predicted molar refractivity (Wildman–Crippen MR) is 226 cm³/mol. The summed E-state index contributed by atoms with van der Waals surface area (Å²) in [4.78, 5) is 14.2. The first-order valence-corrected chi connectivity index (χ1v) is 28.5. The van der Waals surface area contributed by atoms with Crippen LogP contribution < -0.4 is 4.74 Å². The molecular weight excluding hydrogens is 721 g/mol. The SMILES string of the molecule is C=CCOC(=O)[C@H]1O[C@@H](Oc2cc(C)c(C(C)(C)C)c(C)c2CO[SiH3])[C@H](O[Si](C)(C)C(C)(C)C)[C@@H](O[Si](C)(C)C(C)(C)C)[C@H]1O[Si](C)(C)C(C)(C)C. The molecule has 0 aliphatic carbocycles. The molecule has 0 unspecified atom stereocenters. The maximum atomic E-state index is 14.2. The fraction of sp³-hybridized carbons (Fsp3) is 0.775. The van der Waals surface area contributed by atoms with E-state index >= 15 is 0 Å². The van der Waals surface area contributed by atoms with E-state index in [0.29, 0.717) is 22.8 Å². The van der Waals surface area contributed by atoms with Gasteiger partial charge in [-0.05, 0) is 96.4 Å². The number of rotatable bonds is 13. The van der Waals surface area contributed by atoms with Gasteiger partial charge >= 0.3 is 5.97 Å². The number of ether oxygens (including phenoxy) is 3. The standard InChI is InChI=1S/C40H76O8Si4/c1-22-23-42-35(41)33-31(46-50(16,17)38(7,8)9)32(47-51(18,19)39(10,11)12)34(48-52(20,21)40(13,14)15)36(45-33)44-29-24-26(2)30(37(4,5)6)27(3)28(29)25-43-49/h22,24,31-34,36H,1,23,25H2,2-21,49H3/t31-,32+,33+,34-,36-/m1/s1. The molecular formula is C40H76O8Si4. The van der Waals surface area contributed by atoms with Crippen LogP contribution in [-0.4, -0.2) is 78.7 Å². The summed E-state index contributed by atoms with van der Waals surface area (Å²) >= 11 is 0. The molecule has 0 spiro atoms. The number of aryl methyl sites for hydroxylation is 1. The Labute approximate surface area is 324 Å². The van der Waals surface area contributed by atoms with Gasteiger partial charge in [0.1, 0.15) is 41.2 Å². The van der Waals surface area contributed by atoms with E-state index in [9.17, 15) is 4.79 Å². The molecule has 0 saturated carbocycles. The Balaban J connectivity index is 3.06. The van der Waals surface area contributed by atoms with E-state index in [1.54, 1.807) is 6.08 Å². The van der Waals surface area contributed by atoms with Crippen molar-refractivity contribution in [2.75, 3.05) is 6.61 Å². The lowest BCUT2D eigenvalue weighted by Gasteiger charge is -2.53. The van der Waals surface area contributed by atoms with E-state index in [-0.39, 0.29) is 27.1 Å². The Morgan fingerprint density at radius 1 is 0.788 bits per heavy atom. The minimum Gasteiger partial charge on any atom is -0.462 e. The largest absolute Gasteiger partial charge is 0.462 e. The third-order valence-corrected chi connectivity index (χ3v) is 25.6. The molecule has 12 heteroatoms. The van der Waals surface area contributed by atoms with Crippen LogP contribution in [0.4, 0.5) is 0 Å². The molecule has 1 aromatic carbocycles. The second-order valence-corrected chi connectivity index (χ2v) is 35.2. The molecule has 0 radical (unpaired) electrons. The zero-order valence-electron chi connectivity index (χ0n) is 36.9. The van der Waals surface area contributed by atoms with Crippen molar-refractivity contribution >= 4 is 41.4 Å². The highest BCUT2D eigenvalue weighted by atomic mass is 28.4. The monoisotopic (exact) mass is 796 g/mol. The number of carbonyl (C=O) groups is 1. The quantitative estimate of drug-likeness (QED) is 0.111. The summed E-state index contributed by atoms with van der Waals surface area (Å²) in [5.41, 5.74) is 4.39. The first-order chi connectivity index (χ1) is 23.2. The molecule has 1 aliphatic rings. The molecule has 52 heavy (non-hydrogen) atoms. The summed E-state index contributed by atoms with van der Waals surface area (Å²) in [5.74, 6) is 0.117. The van der Waals surface area contributed by atoms with Crippen molar-refractivity contribution in [2.24, 2.45) is 0 Å². The van der Waals surface area contributed by atoms with Crippen LogP contribution in [0.25, 0.3) is 0 Å². The van der Waals surface area contributed by atoms with Crippen molar-refractivity contribution in [3.8, 4) is 5.75 Å². The third kappa shape index (κ3) is 10.8. The second kappa shape index (κ2) is 16.6. The lowest BCUT2D eigenvalue weighted by atomic mass is 9.79. The molecule has 1 heterocycles. The summed E-state index contributed by atoms with van der Waals surface area (Å²) < 4.78 is 47.8. The Bertz CT molecular complexity index is 1400. The third-order valence-electron chi connectivity index (χ3n) is 11.9. The van der Waals surface area contributed by atoms with Crippen LogP contribution >= 0.6 is 0 Å². The average Bonchev–Trinajstić information content (AvgIpc) is 2.93. The van der Waals surface area contributed by atoms with Gasteiger partial charge in [-0.1, -0.05) is 95.7 Å². The first kappa shape index (κ1) is 47.1. The fourth-order valence-electron chi connectivity index (χ4n) is 5.95. The lowest BCUT2D eigenvalue weighted by Crippen LogP contribution is -2.69. The fourth-order valence-corrected chi connectivity index (χ4v) is 10.1. The highest BCUT2D eigenvalue weighted by Gasteiger charge is 2.59. The van der Waals surface area contributed by atoms with Crippen molar-refractivity contribution in [3.63, 3.8) is 0 Å². The average molecular weight is 797 g/mol. The number of hydrogen-bond donors (Lipinski definition) is 0. The highest BCUT2D eigenvalue weighted by Crippen LogP contribution is 2.47. The smallest absolute Gasteiger partial charge is 0.338 e. The van der Waals surface area contributed by atoms with Gasteiger partial charge in [0.2, 0.25) is 6.29 Å². The van der Waals surface area contributed by atoms with Gasteiger partial charge in [0, 0.05) is 5.56 Å². The molecule has 0 amide bonds. The Morgan fingerprint density at radius 2 is 1.23 bits per heavy atom. The molecule has 8 nitrogen and oxygen atoms in total. The van der Waals surface area contributed by atoms with Crippen LogP contribution in [0.2, 0.25) is 54.4 Å². The van der Waals surface area contributed by atoms with Crippen molar-refractivity contribution in [3.05, 3.63) is 41.0 Å². The summed E-state index contributed by atoms with van der Waals surface area (Å²) in [6.07, 6.45) is -2.81. The van der Waals surface area contributed by atoms with Gasteiger partial charge < -0.3 is 31.9 Å². The van der Waals surface area contributed by atoms with Crippen LogP contribution in [0.5, 0.6) is 5.75 Å². The van der Waals surface area contributed by atoms with Crippen LogP contribution in [0.1, 0.15) is 105 Å². The highest BCUT2D eigenvalue weighted by molar-refractivity contribution is 6.75. The summed E-state index contributed by atoms with van der Waals surface area (Å²) in [6.45, 7) is 48.4. The maximum absolute atomic E-state index is 14.2. The molecule has 1 fully saturated rings. The zero-order chi connectivity index (χ0) is 40.6. The van der Waals surface area contributed by atoms with Gasteiger partial charge in [0.15, 0.2) is 31.1 Å². The van der Waals surface area contributed by atoms with Crippen molar-refractivity contribution in [1.82, 2.24) is 0 Å². The normalized spacial score (nSPS) is 22.7. The molecule has 0 bridgehead atoms. The second-order valence-electron chi connectivity index (χ2n) is 20.3. The van der Waals surface area contributed by atoms with Gasteiger partial charge in [-0.15, -0.1) is 0 Å². The molecule has 1 saturated heterocycles. The minimum absolute atomic E-state index is 0.0449. The number of esters is 1. The van der Waals surface area contributed by atoms with Crippen molar-refractivity contribution in [2.45, 2.75) is 194 Å². The van der Waals surface area contributed by atoms with E-state index in [1.807, 2.05) is 0 Å². The summed E-state index contributed by atoms with van der Waals surface area (Å²) in [6, 6.07) is 2.09. The Kier molecular flexibility index (Phi) is 15.0. The zero-order valence-corrected chi connectivity index (χ0v) is 41.9. The van der Waals surface area contributed by atoms with E-state index in [1.165, 1.54) is 5.56 Å². The van der Waals surface area contributed by atoms with Gasteiger partial charge in [0.05, 0.1) is 6.61 Å². The number of carbonyl (C=O) groups excluding carboxylic acids is 1. The van der Waals surface area contributed by atoms with Gasteiger partial charge in [-0.25, -0.2) is 4.79 Å². The van der Waals surface area contributed by atoms with Crippen LogP contribution in [-0.2, 0) is 44.0 Å². The summed E-state index contributed by atoms with van der Waals surface area (Å²) in [5, 5.41) is -0.437. The lowest BCUT2D eigenvalue weighted by molar-refractivity contribution is -0.263. The first-order valence-electron chi connectivity index (χ1n) is 19.0. The van der Waals surface area contributed by atoms with Gasteiger partial charge in [-0.2, -0.15) is 0 Å². The molecule has 0 N–H and O–H groups in total. The molecule has 5 atom stereocenters. The van der Waals surface area contributed by atoms with Crippen molar-refractivity contribution in [1.29, 1.82) is 0 Å². The predicted octanol–water partition coefficient (Wildman–Crippen LogP) is 9.40. The van der Waals surface area contributed by atoms with E-state index in [0.717, 1.165) is 16.7 Å². The molecule has 2 rings (SSSR count). The maximum Gasteiger partial charge on any atom is 0.338 e. The minimum atomic E-state index is -2.52. The topological polar surface area (TPSA) is 81.7 Å². The Hall–Kier alpha value is -1.10. The Morgan fingerprint density at radius 3 is 1.63 bits per heavy atom. The van der Waals surface area contributed by atoms with Crippen LogP contribution in [0.3, 0.4) is 0 Å². The van der Waals surface area contributed by atoms with E-state index in [4.69, 9.17) is 31.9 Å². The molecule has 0 aromatic heterocycles. The molecule has 300 valence electrons. The molecule has 1 aromatic rings.